The molecule has 0 aromatic carbocycles. The summed E-state index contributed by atoms with van der Waals surface area (Å²) in [4.78, 5) is 19.1. The summed E-state index contributed by atoms with van der Waals surface area (Å²) in [6, 6.07) is 26.8. The van der Waals surface area contributed by atoms with Crippen molar-refractivity contribution >= 4 is 46.2 Å². The molecule has 6 heterocycles. The van der Waals surface area contributed by atoms with E-state index < -0.39 is 0 Å². The van der Waals surface area contributed by atoms with Gasteiger partial charge >= 0.3 is 0 Å². The highest BCUT2D eigenvalue weighted by Gasteiger charge is 2.13. The van der Waals surface area contributed by atoms with Crippen molar-refractivity contribution in [2.75, 3.05) is 0 Å². The van der Waals surface area contributed by atoms with Gasteiger partial charge in [-0.25, -0.2) is 4.98 Å². The molecule has 0 aliphatic carbocycles. The minimum absolute atomic E-state index is 0.830. The zero-order chi connectivity index (χ0) is 23.5. The van der Waals surface area contributed by atoms with Crippen LogP contribution in [0.15, 0.2) is 102 Å². The molecule has 6 aromatic rings. The van der Waals surface area contributed by atoms with Gasteiger partial charge in [0.15, 0.2) is 0 Å². The number of hydrogen-bond acceptors (Lipinski definition) is 6. The molecule has 0 amide bonds. The fourth-order valence-electron chi connectivity index (χ4n) is 3.79. The van der Waals surface area contributed by atoms with Gasteiger partial charge in [0, 0.05) is 27.0 Å². The first kappa shape index (κ1) is 21.8. The van der Waals surface area contributed by atoms with Gasteiger partial charge in [0.25, 0.3) is 0 Å². The predicted molar refractivity (Wildman–Crippen MR) is 151 cm³/mol. The third-order valence-electron chi connectivity index (χ3n) is 5.43. The van der Waals surface area contributed by atoms with Crippen LogP contribution >= 0.6 is 34.0 Å². The highest BCUT2D eigenvalue weighted by Crippen LogP contribution is 2.42. The lowest BCUT2D eigenvalue weighted by atomic mass is 10.1. The Morgan fingerprint density at radius 2 is 1.23 bits per heavy atom. The minimum Gasteiger partial charge on any atom is -0.255 e. The first-order valence-corrected chi connectivity index (χ1v) is 13.7. The van der Waals surface area contributed by atoms with Gasteiger partial charge in [-0.2, -0.15) is 0 Å². The number of aromatic nitrogens is 3. The Bertz CT molecular complexity index is 1510. The molecule has 0 fully saturated rings. The Kier molecular flexibility index (Phi) is 6.15. The van der Waals surface area contributed by atoms with Crippen molar-refractivity contribution in [3.8, 4) is 42.3 Å². The van der Waals surface area contributed by atoms with Gasteiger partial charge in [0.1, 0.15) is 0 Å². The zero-order valence-electron chi connectivity index (χ0n) is 18.5. The maximum Gasteiger partial charge on any atom is 0.0900 e. The van der Waals surface area contributed by atoms with E-state index in [-0.39, 0.29) is 0 Å². The second-order valence-electron chi connectivity index (χ2n) is 7.78. The molecule has 0 N–H and O–H groups in total. The lowest BCUT2D eigenvalue weighted by molar-refractivity contribution is 1.22. The van der Waals surface area contributed by atoms with Crippen LogP contribution in [0.1, 0.15) is 11.1 Å². The van der Waals surface area contributed by atoms with Crippen molar-refractivity contribution in [1.29, 1.82) is 0 Å². The average Bonchev–Trinajstić information content (AvgIpc) is 3.70. The molecule has 168 valence electrons. The third kappa shape index (κ3) is 4.77. The first-order valence-electron chi connectivity index (χ1n) is 11.1. The Morgan fingerprint density at radius 3 is 1.80 bits per heavy atom. The van der Waals surface area contributed by atoms with Crippen LogP contribution in [-0.2, 0) is 0 Å². The second-order valence-corrected chi connectivity index (χ2v) is 10.7. The summed E-state index contributed by atoms with van der Waals surface area (Å²) in [7, 11) is 0. The summed E-state index contributed by atoms with van der Waals surface area (Å²) in [6.07, 6.45) is 7.97. The fraction of sp³-hybridized carbons (Fsp3) is 0. The number of thiophene rings is 3. The largest absolute Gasteiger partial charge is 0.255 e. The van der Waals surface area contributed by atoms with Crippen LogP contribution in [-0.4, -0.2) is 15.0 Å². The molecular formula is C29H19N3S3. The Morgan fingerprint density at radius 1 is 0.571 bits per heavy atom. The summed E-state index contributed by atoms with van der Waals surface area (Å²) >= 11 is 5.40. The summed E-state index contributed by atoms with van der Waals surface area (Å²) in [6.45, 7) is 0. The van der Waals surface area contributed by atoms with E-state index in [0.29, 0.717) is 0 Å². The average molecular weight is 506 g/mol. The molecule has 0 bridgehead atoms. The normalized spacial score (nSPS) is 11.3. The molecular weight excluding hydrogens is 487 g/mol. The zero-order valence-corrected chi connectivity index (χ0v) is 21.0. The van der Waals surface area contributed by atoms with Crippen molar-refractivity contribution in [3.63, 3.8) is 0 Å². The molecule has 0 radical (unpaired) electrons. The van der Waals surface area contributed by atoms with E-state index in [4.69, 9.17) is 4.98 Å². The highest BCUT2D eigenvalue weighted by molar-refractivity contribution is 7.26. The van der Waals surface area contributed by atoms with E-state index in [0.717, 1.165) is 28.3 Å². The molecule has 0 atom stereocenters. The molecule has 6 aromatic heterocycles. The Hall–Kier alpha value is -3.71. The third-order valence-corrected chi connectivity index (χ3v) is 8.69. The van der Waals surface area contributed by atoms with Crippen LogP contribution in [0.2, 0.25) is 0 Å². The minimum atomic E-state index is 0.830. The molecule has 0 aliphatic rings. The van der Waals surface area contributed by atoms with Crippen LogP contribution < -0.4 is 0 Å². The maximum atomic E-state index is 4.87. The van der Waals surface area contributed by atoms with Crippen molar-refractivity contribution in [1.82, 2.24) is 15.0 Å². The molecule has 0 unspecified atom stereocenters. The monoisotopic (exact) mass is 505 g/mol. The van der Waals surface area contributed by atoms with E-state index in [9.17, 15) is 0 Å². The van der Waals surface area contributed by atoms with Gasteiger partial charge in [-0.1, -0.05) is 36.4 Å². The van der Waals surface area contributed by atoms with Gasteiger partial charge < -0.3 is 0 Å². The smallest absolute Gasteiger partial charge is 0.0900 e. The van der Waals surface area contributed by atoms with E-state index in [1.165, 1.54) is 25.1 Å². The second kappa shape index (κ2) is 9.88. The molecule has 0 aliphatic heterocycles. The van der Waals surface area contributed by atoms with Gasteiger partial charge in [0.05, 0.1) is 27.7 Å². The standard InChI is InChI=1S/C29H19N3S3/c1-3-13-30-22(7-1)24-17-20(18-25(32-24)23-8-2-4-14-31-23)11-12-21-19-28(26-9-5-15-33-26)35-29(21)27-10-6-16-34-27/h1-19H. The molecule has 0 saturated carbocycles. The van der Waals surface area contributed by atoms with Crippen LogP contribution in [0.3, 0.4) is 0 Å². The van der Waals surface area contributed by atoms with Crippen molar-refractivity contribution in [3.05, 3.63) is 113 Å². The maximum absolute atomic E-state index is 4.87. The lowest BCUT2D eigenvalue weighted by Gasteiger charge is -2.07. The van der Waals surface area contributed by atoms with Crippen LogP contribution in [0.5, 0.6) is 0 Å². The highest BCUT2D eigenvalue weighted by atomic mass is 32.1. The molecule has 6 heteroatoms. The molecule has 35 heavy (non-hydrogen) atoms. The summed E-state index contributed by atoms with van der Waals surface area (Å²) in [5, 5.41) is 4.26. The van der Waals surface area contributed by atoms with Gasteiger partial charge in [-0.3, -0.25) is 9.97 Å². The molecule has 3 nitrogen and oxygen atoms in total. The van der Waals surface area contributed by atoms with E-state index >= 15 is 0 Å². The SMILES string of the molecule is C(=Cc1cc(-c2cccs2)sc1-c1cccs1)c1cc(-c2ccccn2)nc(-c2ccccn2)c1. The predicted octanol–water partition coefficient (Wildman–Crippen LogP) is 8.89. The fourth-order valence-corrected chi connectivity index (χ4v) is 6.64. The number of nitrogens with zero attached hydrogens (tertiary/aromatic N) is 3. The molecule has 0 spiro atoms. The van der Waals surface area contributed by atoms with Gasteiger partial charge in [0.2, 0.25) is 0 Å². The van der Waals surface area contributed by atoms with Crippen LogP contribution in [0.4, 0.5) is 0 Å². The van der Waals surface area contributed by atoms with Gasteiger partial charge in [-0.15, -0.1) is 34.0 Å². The van der Waals surface area contributed by atoms with Crippen LogP contribution in [0, 0.1) is 0 Å². The Balaban J connectivity index is 1.44. The summed E-state index contributed by atoms with van der Waals surface area (Å²) < 4.78 is 0. The van der Waals surface area contributed by atoms with E-state index in [1.54, 1.807) is 35.1 Å². The van der Waals surface area contributed by atoms with E-state index in [1.807, 2.05) is 47.7 Å². The van der Waals surface area contributed by atoms with Crippen LogP contribution in [0.25, 0.3) is 54.4 Å². The molecule has 0 saturated heterocycles. The topological polar surface area (TPSA) is 38.7 Å². The van der Waals surface area contributed by atoms with Crippen molar-refractivity contribution in [2.45, 2.75) is 0 Å². The summed E-state index contributed by atoms with van der Waals surface area (Å²) in [5.74, 6) is 0. The molecule has 6 rings (SSSR count). The quantitative estimate of drug-likeness (QED) is 0.227. The van der Waals surface area contributed by atoms with Gasteiger partial charge in [-0.05, 0) is 76.5 Å². The first-order chi connectivity index (χ1) is 17.3. The number of rotatable bonds is 6. The summed E-state index contributed by atoms with van der Waals surface area (Å²) in [5.41, 5.74) is 5.62. The van der Waals surface area contributed by atoms with Crippen molar-refractivity contribution in [2.24, 2.45) is 0 Å². The van der Waals surface area contributed by atoms with E-state index in [2.05, 4.69) is 75.3 Å². The number of pyridine rings is 3. The number of hydrogen-bond donors (Lipinski definition) is 0. The Labute approximate surface area is 215 Å². The lowest BCUT2D eigenvalue weighted by Crippen LogP contribution is -1.93. The van der Waals surface area contributed by atoms with Crippen molar-refractivity contribution < 1.29 is 0 Å².